The Morgan fingerprint density at radius 3 is 2.51 bits per heavy atom. The van der Waals surface area contributed by atoms with E-state index >= 15 is 0 Å². The minimum Gasteiger partial charge on any atom is -0.467 e. The van der Waals surface area contributed by atoms with E-state index in [9.17, 15) is 22.8 Å². The second kappa shape index (κ2) is 8.93. The van der Waals surface area contributed by atoms with Gasteiger partial charge in [-0.15, -0.1) is 0 Å². The van der Waals surface area contributed by atoms with E-state index in [-0.39, 0.29) is 17.0 Å². The van der Waals surface area contributed by atoms with Crippen molar-refractivity contribution in [2.45, 2.75) is 36.9 Å². The van der Waals surface area contributed by atoms with Crippen LogP contribution >= 0.6 is 0 Å². The molecule has 0 unspecified atom stereocenters. The first-order chi connectivity index (χ1) is 17.6. The normalized spacial score (nSPS) is 20.2. The first-order valence-corrected chi connectivity index (χ1v) is 13.0. The van der Waals surface area contributed by atoms with Crippen molar-refractivity contribution in [3.05, 3.63) is 83.9 Å². The summed E-state index contributed by atoms with van der Waals surface area (Å²) in [5.74, 6) is -0.453. The van der Waals surface area contributed by atoms with Gasteiger partial charge in [-0.25, -0.2) is 17.9 Å². The maximum absolute atomic E-state index is 13.1. The van der Waals surface area contributed by atoms with Crippen LogP contribution in [0.4, 0.5) is 16.2 Å². The molecule has 3 aromatic rings. The van der Waals surface area contributed by atoms with E-state index in [4.69, 9.17) is 4.74 Å². The van der Waals surface area contributed by atoms with Crippen molar-refractivity contribution in [1.29, 1.82) is 0 Å². The number of carbonyl (C=O) groups excluding carboxylic acids is 3. The number of carbonyl (C=O) groups is 3. The summed E-state index contributed by atoms with van der Waals surface area (Å²) in [5.41, 5.74) is 1.11. The van der Waals surface area contributed by atoms with Crippen LogP contribution in [0.2, 0.25) is 0 Å². The summed E-state index contributed by atoms with van der Waals surface area (Å²) in [6.07, 6.45) is 0.528. The Morgan fingerprint density at radius 2 is 1.78 bits per heavy atom. The number of anilines is 2. The van der Waals surface area contributed by atoms with Gasteiger partial charge in [0.2, 0.25) is 5.91 Å². The minimum absolute atomic E-state index is 0.112. The molecule has 0 radical (unpaired) electrons. The molecule has 1 saturated heterocycles. The molecule has 3 N–H and O–H groups in total. The van der Waals surface area contributed by atoms with Gasteiger partial charge < -0.3 is 15.4 Å². The zero-order valence-electron chi connectivity index (χ0n) is 20.0. The number of hydrogen-bond donors (Lipinski definition) is 3. The summed E-state index contributed by atoms with van der Waals surface area (Å²) in [4.78, 5) is 38.6. The number of fused-ring (bicyclic) bond motifs is 4. The van der Waals surface area contributed by atoms with Crippen molar-refractivity contribution >= 4 is 39.2 Å². The Morgan fingerprint density at radius 1 is 1.05 bits per heavy atom. The van der Waals surface area contributed by atoms with Crippen LogP contribution in [0.15, 0.2) is 77.7 Å². The van der Waals surface area contributed by atoms with Gasteiger partial charge in [0.15, 0.2) is 5.72 Å². The maximum Gasteiger partial charge on any atom is 0.325 e. The SMILES string of the molecule is CC(=O)NS(=O)(=O)c1ccc(NC(=O)c2cccc(N3C(=O)N[C@H]4C[C@@]3(C)Oc3ccccc34)c2)cc1. The smallest absolute Gasteiger partial charge is 0.325 e. The van der Waals surface area contributed by atoms with Crippen LogP contribution < -0.4 is 25.0 Å². The van der Waals surface area contributed by atoms with Crippen molar-refractivity contribution in [2.75, 3.05) is 10.2 Å². The molecule has 3 aromatic carbocycles. The number of urea groups is 1. The minimum atomic E-state index is -3.98. The standard InChI is InChI=1S/C26H24N4O6S/c1-16(31)29-37(34,35)20-12-10-18(11-13-20)27-24(32)17-6-5-7-19(14-17)30-25(33)28-22-15-26(30,2)36-23-9-4-3-8-21(22)23/h3-14,22H,15H2,1-2H3,(H,27,32)(H,28,33)(H,29,31)/t22-,26+/m0/s1. The lowest BCUT2D eigenvalue weighted by Crippen LogP contribution is -2.65. The summed E-state index contributed by atoms with van der Waals surface area (Å²) >= 11 is 0. The van der Waals surface area contributed by atoms with Crippen LogP contribution in [-0.4, -0.2) is 32.0 Å². The number of hydrogen-bond acceptors (Lipinski definition) is 6. The van der Waals surface area contributed by atoms with E-state index in [0.717, 1.165) is 12.5 Å². The lowest BCUT2D eigenvalue weighted by molar-refractivity contribution is -0.117. The Bertz CT molecular complexity index is 1520. The molecule has 37 heavy (non-hydrogen) atoms. The molecular weight excluding hydrogens is 496 g/mol. The highest BCUT2D eigenvalue weighted by Crippen LogP contribution is 2.45. The molecule has 11 heteroatoms. The summed E-state index contributed by atoms with van der Waals surface area (Å²) in [7, 11) is -3.98. The van der Waals surface area contributed by atoms with E-state index in [1.165, 1.54) is 29.2 Å². The van der Waals surface area contributed by atoms with Crippen LogP contribution in [0.5, 0.6) is 5.75 Å². The Hall–Kier alpha value is -4.38. The molecule has 2 aliphatic rings. The summed E-state index contributed by atoms with van der Waals surface area (Å²) in [5, 5.41) is 5.74. The fourth-order valence-electron chi connectivity index (χ4n) is 4.67. The lowest BCUT2D eigenvalue weighted by atomic mass is 9.90. The van der Waals surface area contributed by atoms with Crippen molar-refractivity contribution in [3.8, 4) is 5.75 Å². The number of amides is 4. The van der Waals surface area contributed by atoms with Crippen molar-refractivity contribution in [1.82, 2.24) is 10.0 Å². The molecule has 0 aromatic heterocycles. The molecule has 2 atom stereocenters. The first kappa shape index (κ1) is 24.3. The molecule has 190 valence electrons. The number of rotatable bonds is 5. The van der Waals surface area contributed by atoms with Crippen LogP contribution in [0, 0.1) is 0 Å². The monoisotopic (exact) mass is 520 g/mol. The van der Waals surface area contributed by atoms with Crippen LogP contribution in [0.25, 0.3) is 0 Å². The van der Waals surface area contributed by atoms with Gasteiger partial charge in [-0.3, -0.25) is 14.5 Å². The summed E-state index contributed by atoms with van der Waals surface area (Å²) in [6, 6.07) is 19.1. The number of para-hydroxylation sites is 1. The van der Waals surface area contributed by atoms with Gasteiger partial charge in [0.25, 0.3) is 15.9 Å². The number of nitrogens with zero attached hydrogens (tertiary/aromatic N) is 1. The predicted molar refractivity (Wildman–Crippen MR) is 136 cm³/mol. The molecule has 0 saturated carbocycles. The fraction of sp³-hybridized carbons (Fsp3) is 0.192. The van der Waals surface area contributed by atoms with Gasteiger partial charge in [-0.2, -0.15) is 0 Å². The van der Waals surface area contributed by atoms with Gasteiger partial charge in [-0.1, -0.05) is 24.3 Å². The average Bonchev–Trinajstić information content (AvgIpc) is 2.83. The third kappa shape index (κ3) is 4.60. The van der Waals surface area contributed by atoms with E-state index in [2.05, 4.69) is 10.6 Å². The highest BCUT2D eigenvalue weighted by Gasteiger charge is 2.49. The highest BCUT2D eigenvalue weighted by molar-refractivity contribution is 7.90. The van der Waals surface area contributed by atoms with Gasteiger partial charge >= 0.3 is 6.03 Å². The van der Waals surface area contributed by atoms with E-state index in [1.807, 2.05) is 35.9 Å². The first-order valence-electron chi connectivity index (χ1n) is 11.5. The number of benzene rings is 3. The van der Waals surface area contributed by atoms with Gasteiger partial charge in [0.05, 0.1) is 16.6 Å². The Kier molecular flexibility index (Phi) is 5.87. The van der Waals surface area contributed by atoms with Crippen LogP contribution in [0.1, 0.15) is 42.2 Å². The highest BCUT2D eigenvalue weighted by atomic mass is 32.2. The van der Waals surface area contributed by atoms with Crippen molar-refractivity contribution in [2.24, 2.45) is 0 Å². The van der Waals surface area contributed by atoms with Crippen LogP contribution in [-0.2, 0) is 14.8 Å². The maximum atomic E-state index is 13.1. The second-order valence-corrected chi connectivity index (χ2v) is 10.7. The molecule has 10 nitrogen and oxygen atoms in total. The number of sulfonamides is 1. The third-order valence-electron chi connectivity index (χ3n) is 6.25. The number of nitrogens with one attached hydrogen (secondary N) is 3. The molecule has 2 bridgehead atoms. The van der Waals surface area contributed by atoms with Crippen LogP contribution in [0.3, 0.4) is 0 Å². The van der Waals surface area contributed by atoms with E-state index < -0.39 is 27.6 Å². The topological polar surface area (TPSA) is 134 Å². The largest absolute Gasteiger partial charge is 0.467 e. The fourth-order valence-corrected chi connectivity index (χ4v) is 5.66. The molecule has 2 heterocycles. The summed E-state index contributed by atoms with van der Waals surface area (Å²) in [6.45, 7) is 2.95. The van der Waals surface area contributed by atoms with E-state index in [1.54, 1.807) is 24.3 Å². The van der Waals surface area contributed by atoms with Crippen molar-refractivity contribution < 1.29 is 27.5 Å². The average molecular weight is 521 g/mol. The second-order valence-electron chi connectivity index (χ2n) is 9.05. The molecule has 0 spiro atoms. The predicted octanol–water partition coefficient (Wildman–Crippen LogP) is 3.53. The number of ether oxygens (including phenoxy) is 1. The molecule has 0 aliphatic carbocycles. The lowest BCUT2D eigenvalue weighted by Gasteiger charge is -2.50. The Balaban J connectivity index is 1.36. The zero-order chi connectivity index (χ0) is 26.4. The molecule has 4 amide bonds. The molecule has 1 fully saturated rings. The van der Waals surface area contributed by atoms with Gasteiger partial charge in [0, 0.05) is 30.2 Å². The van der Waals surface area contributed by atoms with Crippen molar-refractivity contribution in [3.63, 3.8) is 0 Å². The third-order valence-corrected chi connectivity index (χ3v) is 7.70. The summed E-state index contributed by atoms with van der Waals surface area (Å²) < 4.78 is 32.4. The molecular formula is C26H24N4O6S. The Labute approximate surface area is 213 Å². The van der Waals surface area contributed by atoms with Gasteiger partial charge in [0.1, 0.15) is 5.75 Å². The van der Waals surface area contributed by atoms with Gasteiger partial charge in [-0.05, 0) is 55.5 Å². The molecule has 2 aliphatic heterocycles. The van der Waals surface area contributed by atoms with E-state index in [0.29, 0.717) is 29.1 Å². The zero-order valence-corrected chi connectivity index (χ0v) is 20.8. The quantitative estimate of drug-likeness (QED) is 0.471. The molecule has 5 rings (SSSR count).